The van der Waals surface area contributed by atoms with Crippen LogP contribution in [0.4, 0.5) is 4.79 Å². The number of aliphatic hydroxyl groups is 1. The maximum Gasteiger partial charge on any atom is 0.408 e. The molecular weight excluding hydrogens is 288 g/mol. The molecule has 22 heavy (non-hydrogen) atoms. The molecule has 3 amide bonds. The van der Waals surface area contributed by atoms with Crippen LogP contribution in [0.3, 0.4) is 0 Å². The molecule has 1 aliphatic heterocycles. The monoisotopic (exact) mass is 306 g/mol. The molecular formula is C15H18N2O5. The summed E-state index contributed by atoms with van der Waals surface area (Å²) >= 11 is 0. The lowest BCUT2D eigenvalue weighted by molar-refractivity contribution is -0.146. The third-order valence-electron chi connectivity index (χ3n) is 3.36. The molecule has 1 fully saturated rings. The number of likely N-dealkylation sites (tertiary alicyclic amines) is 1. The zero-order valence-corrected chi connectivity index (χ0v) is 12.2. The number of benzene rings is 1. The van der Waals surface area contributed by atoms with Gasteiger partial charge in [0.1, 0.15) is 18.8 Å². The zero-order chi connectivity index (χ0) is 16.1. The van der Waals surface area contributed by atoms with Crippen molar-refractivity contribution in [1.82, 2.24) is 10.2 Å². The van der Waals surface area contributed by atoms with E-state index < -0.39 is 30.1 Å². The molecule has 7 heteroatoms. The van der Waals surface area contributed by atoms with Gasteiger partial charge < -0.3 is 15.2 Å². The van der Waals surface area contributed by atoms with Crippen LogP contribution in [0.2, 0.25) is 0 Å². The quantitative estimate of drug-likeness (QED) is 0.840. The molecule has 1 saturated heterocycles. The second kappa shape index (κ2) is 7.04. The number of carbonyl (C=O) groups excluding carboxylic acids is 3. The van der Waals surface area contributed by atoms with E-state index in [1.54, 1.807) is 0 Å². The Hall–Kier alpha value is -2.41. The van der Waals surface area contributed by atoms with E-state index in [0.29, 0.717) is 0 Å². The van der Waals surface area contributed by atoms with E-state index in [1.807, 2.05) is 30.3 Å². The van der Waals surface area contributed by atoms with Crippen LogP contribution in [0.15, 0.2) is 30.3 Å². The maximum atomic E-state index is 12.0. The van der Waals surface area contributed by atoms with Crippen molar-refractivity contribution in [2.75, 3.05) is 6.54 Å². The van der Waals surface area contributed by atoms with Crippen LogP contribution in [0.1, 0.15) is 18.9 Å². The van der Waals surface area contributed by atoms with Gasteiger partial charge in [-0.1, -0.05) is 30.3 Å². The highest BCUT2D eigenvalue weighted by molar-refractivity contribution is 6.01. The molecule has 1 aromatic rings. The predicted molar refractivity (Wildman–Crippen MR) is 76.6 cm³/mol. The number of alkyl carbamates (subject to hydrolysis) is 1. The number of hydrogen-bond acceptors (Lipinski definition) is 5. The van der Waals surface area contributed by atoms with Gasteiger partial charge in [0.15, 0.2) is 0 Å². The zero-order valence-electron chi connectivity index (χ0n) is 12.2. The van der Waals surface area contributed by atoms with Crippen LogP contribution >= 0.6 is 0 Å². The lowest BCUT2D eigenvalue weighted by atomic mass is 10.2. The number of nitrogens with zero attached hydrogens (tertiary/aromatic N) is 1. The molecule has 7 nitrogen and oxygen atoms in total. The molecule has 0 spiro atoms. The van der Waals surface area contributed by atoms with Crippen molar-refractivity contribution in [2.24, 2.45) is 0 Å². The van der Waals surface area contributed by atoms with Gasteiger partial charge in [-0.15, -0.1) is 0 Å². The van der Waals surface area contributed by atoms with E-state index in [4.69, 9.17) is 4.74 Å². The Labute approximate surface area is 127 Å². The summed E-state index contributed by atoms with van der Waals surface area (Å²) in [5, 5.41) is 11.7. The Morgan fingerprint density at radius 1 is 1.41 bits per heavy atom. The fourth-order valence-corrected chi connectivity index (χ4v) is 2.12. The van der Waals surface area contributed by atoms with Crippen LogP contribution in [0.5, 0.6) is 0 Å². The van der Waals surface area contributed by atoms with E-state index >= 15 is 0 Å². The van der Waals surface area contributed by atoms with Gasteiger partial charge >= 0.3 is 6.09 Å². The molecule has 0 saturated carbocycles. The first-order valence-corrected chi connectivity index (χ1v) is 6.99. The van der Waals surface area contributed by atoms with Gasteiger partial charge in [-0.2, -0.15) is 0 Å². The summed E-state index contributed by atoms with van der Waals surface area (Å²) in [7, 11) is 0. The number of aliphatic hydroxyl groups excluding tert-OH is 1. The van der Waals surface area contributed by atoms with E-state index in [-0.39, 0.29) is 19.6 Å². The van der Waals surface area contributed by atoms with Gasteiger partial charge in [0.25, 0.3) is 11.8 Å². The second-order valence-corrected chi connectivity index (χ2v) is 5.06. The number of hydrogen-bond donors (Lipinski definition) is 2. The van der Waals surface area contributed by atoms with Crippen LogP contribution in [0.25, 0.3) is 0 Å². The van der Waals surface area contributed by atoms with Crippen molar-refractivity contribution < 1.29 is 24.2 Å². The molecule has 1 unspecified atom stereocenters. The summed E-state index contributed by atoms with van der Waals surface area (Å²) in [6.45, 7) is 1.71. The Morgan fingerprint density at radius 3 is 2.68 bits per heavy atom. The lowest BCUT2D eigenvalue weighted by Crippen LogP contribution is -2.48. The summed E-state index contributed by atoms with van der Waals surface area (Å²) in [6.07, 6.45) is -1.66. The van der Waals surface area contributed by atoms with Crippen LogP contribution in [0, 0.1) is 0 Å². The average Bonchev–Trinajstić information content (AvgIpc) is 2.85. The first-order valence-electron chi connectivity index (χ1n) is 6.99. The molecule has 1 aliphatic rings. The molecule has 0 aliphatic carbocycles. The third kappa shape index (κ3) is 3.82. The molecule has 0 aromatic heterocycles. The van der Waals surface area contributed by atoms with Crippen LogP contribution in [-0.2, 0) is 20.9 Å². The topological polar surface area (TPSA) is 95.9 Å². The van der Waals surface area contributed by atoms with E-state index in [0.717, 1.165) is 10.5 Å². The average molecular weight is 306 g/mol. The first-order chi connectivity index (χ1) is 10.5. The number of carbonyl (C=O) groups is 3. The molecule has 1 heterocycles. The highest BCUT2D eigenvalue weighted by Crippen LogP contribution is 2.12. The minimum atomic E-state index is -1.14. The van der Waals surface area contributed by atoms with Crippen molar-refractivity contribution in [3.63, 3.8) is 0 Å². The molecule has 2 rings (SSSR count). The van der Waals surface area contributed by atoms with Gasteiger partial charge in [0.05, 0.1) is 0 Å². The number of imide groups is 1. The van der Waals surface area contributed by atoms with Crippen molar-refractivity contribution in [1.29, 1.82) is 0 Å². The summed E-state index contributed by atoms with van der Waals surface area (Å²) < 4.78 is 5.00. The van der Waals surface area contributed by atoms with Gasteiger partial charge in [-0.25, -0.2) is 4.79 Å². The number of rotatable bonds is 4. The predicted octanol–water partition coefficient (Wildman–Crippen LogP) is 0.421. The van der Waals surface area contributed by atoms with Crippen molar-refractivity contribution in [2.45, 2.75) is 32.1 Å². The normalized spacial score (nSPS) is 18.9. The fraction of sp³-hybridized carbons (Fsp3) is 0.400. The summed E-state index contributed by atoms with van der Waals surface area (Å²) in [5.41, 5.74) is 0.828. The standard InChI is InChI=1S/C15H18N2O5/c1-10(13(19)17-8-7-12(18)14(17)20)16-15(21)22-9-11-5-3-2-4-6-11/h2-6,10,12,18H,7-9H2,1H3,(H,16,21)/t10-,12?/m0/s1. The summed E-state index contributed by atoms with van der Waals surface area (Å²) in [6, 6.07) is 8.22. The van der Waals surface area contributed by atoms with Crippen molar-refractivity contribution in [3.8, 4) is 0 Å². The molecule has 1 aromatic carbocycles. The number of ether oxygens (including phenoxy) is 1. The molecule has 0 bridgehead atoms. The summed E-state index contributed by atoms with van der Waals surface area (Å²) in [4.78, 5) is 36.2. The molecule has 118 valence electrons. The van der Waals surface area contributed by atoms with Crippen molar-refractivity contribution >= 4 is 17.9 Å². The van der Waals surface area contributed by atoms with E-state index in [9.17, 15) is 19.5 Å². The van der Waals surface area contributed by atoms with Crippen LogP contribution in [-0.4, -0.2) is 46.6 Å². The molecule has 2 atom stereocenters. The first kappa shape index (κ1) is 16.0. The molecule has 0 radical (unpaired) electrons. The highest BCUT2D eigenvalue weighted by Gasteiger charge is 2.36. The minimum absolute atomic E-state index is 0.0922. The Balaban J connectivity index is 1.81. The molecule has 2 N–H and O–H groups in total. The summed E-state index contributed by atoms with van der Waals surface area (Å²) in [5.74, 6) is -1.19. The van der Waals surface area contributed by atoms with Crippen molar-refractivity contribution in [3.05, 3.63) is 35.9 Å². The Kier molecular flexibility index (Phi) is 5.11. The SMILES string of the molecule is C[C@H](NC(=O)OCc1ccccc1)C(=O)N1CCC(O)C1=O. The van der Waals surface area contributed by atoms with Gasteiger partial charge in [-0.3, -0.25) is 14.5 Å². The smallest absolute Gasteiger partial charge is 0.408 e. The van der Waals surface area contributed by atoms with Gasteiger partial charge in [-0.05, 0) is 12.5 Å². The highest BCUT2D eigenvalue weighted by atomic mass is 16.5. The van der Waals surface area contributed by atoms with Gasteiger partial charge in [0.2, 0.25) is 0 Å². The lowest BCUT2D eigenvalue weighted by Gasteiger charge is -2.19. The fourth-order valence-electron chi connectivity index (χ4n) is 2.12. The minimum Gasteiger partial charge on any atom is -0.445 e. The van der Waals surface area contributed by atoms with Gasteiger partial charge in [0, 0.05) is 13.0 Å². The largest absolute Gasteiger partial charge is 0.445 e. The third-order valence-corrected chi connectivity index (χ3v) is 3.36. The number of nitrogens with one attached hydrogen (secondary N) is 1. The Bertz CT molecular complexity index is 560. The number of amides is 3. The Morgan fingerprint density at radius 2 is 2.09 bits per heavy atom. The van der Waals surface area contributed by atoms with Crippen LogP contribution < -0.4 is 5.32 Å². The van der Waals surface area contributed by atoms with E-state index in [1.165, 1.54) is 6.92 Å². The second-order valence-electron chi connectivity index (χ2n) is 5.06. The maximum absolute atomic E-state index is 12.0. The van der Waals surface area contributed by atoms with E-state index in [2.05, 4.69) is 5.32 Å².